The highest BCUT2D eigenvalue weighted by atomic mass is 32.1. The topological polar surface area (TPSA) is 82.0 Å². The molecule has 0 fully saturated rings. The van der Waals surface area contributed by atoms with Crippen molar-refractivity contribution in [3.63, 3.8) is 0 Å². The van der Waals surface area contributed by atoms with Crippen molar-refractivity contribution in [1.82, 2.24) is 10.6 Å². The van der Waals surface area contributed by atoms with E-state index in [1.54, 1.807) is 24.4 Å². The number of nitrogens with one attached hydrogen (secondary N) is 2. The van der Waals surface area contributed by atoms with Crippen LogP contribution in [-0.2, 0) is 4.79 Å². The second kappa shape index (κ2) is 6.77. The SMILES string of the molecule is CC[C@H](C#N)NC(=O)[C@@H](C)NC(=O)c1cccs1. The molecule has 18 heavy (non-hydrogen) atoms. The van der Waals surface area contributed by atoms with E-state index in [-0.39, 0.29) is 11.8 Å². The lowest BCUT2D eigenvalue weighted by Gasteiger charge is -2.15. The largest absolute Gasteiger partial charge is 0.340 e. The van der Waals surface area contributed by atoms with Gasteiger partial charge in [0.2, 0.25) is 5.91 Å². The van der Waals surface area contributed by atoms with Gasteiger partial charge in [-0.25, -0.2) is 0 Å². The van der Waals surface area contributed by atoms with Crippen LogP contribution in [0.4, 0.5) is 0 Å². The van der Waals surface area contributed by atoms with Crippen LogP contribution in [0.3, 0.4) is 0 Å². The molecule has 2 amide bonds. The zero-order valence-corrected chi connectivity index (χ0v) is 11.1. The van der Waals surface area contributed by atoms with Gasteiger partial charge < -0.3 is 10.6 Å². The van der Waals surface area contributed by atoms with Crippen molar-refractivity contribution >= 4 is 23.2 Å². The highest BCUT2D eigenvalue weighted by Gasteiger charge is 2.19. The van der Waals surface area contributed by atoms with Gasteiger partial charge in [0, 0.05) is 0 Å². The van der Waals surface area contributed by atoms with Crippen LogP contribution < -0.4 is 10.6 Å². The molecule has 1 rings (SSSR count). The number of thiophene rings is 1. The van der Waals surface area contributed by atoms with Crippen LogP contribution in [0, 0.1) is 11.3 Å². The average molecular weight is 265 g/mol. The van der Waals surface area contributed by atoms with E-state index in [4.69, 9.17) is 5.26 Å². The minimum absolute atomic E-state index is 0.280. The van der Waals surface area contributed by atoms with E-state index in [0.717, 1.165) is 0 Å². The van der Waals surface area contributed by atoms with Gasteiger partial charge >= 0.3 is 0 Å². The molecular weight excluding hydrogens is 250 g/mol. The minimum atomic E-state index is -0.665. The molecule has 6 heteroatoms. The predicted octanol–water partition coefficient (Wildman–Crippen LogP) is 1.28. The maximum atomic E-state index is 11.7. The van der Waals surface area contributed by atoms with Gasteiger partial charge in [-0.1, -0.05) is 13.0 Å². The summed E-state index contributed by atoms with van der Waals surface area (Å²) in [5, 5.41) is 15.7. The molecule has 0 saturated carbocycles. The van der Waals surface area contributed by atoms with Crippen molar-refractivity contribution in [2.24, 2.45) is 0 Å². The van der Waals surface area contributed by atoms with Crippen LogP contribution in [0.5, 0.6) is 0 Å². The molecule has 0 bridgehead atoms. The van der Waals surface area contributed by atoms with Crippen molar-refractivity contribution < 1.29 is 9.59 Å². The highest BCUT2D eigenvalue weighted by Crippen LogP contribution is 2.08. The number of amides is 2. The summed E-state index contributed by atoms with van der Waals surface area (Å²) < 4.78 is 0. The molecule has 0 saturated heterocycles. The Morgan fingerprint density at radius 3 is 2.72 bits per heavy atom. The number of carbonyl (C=O) groups excluding carboxylic acids is 2. The van der Waals surface area contributed by atoms with Gasteiger partial charge in [-0.15, -0.1) is 11.3 Å². The normalized spacial score (nSPS) is 13.2. The Hall–Kier alpha value is -1.87. The number of carbonyl (C=O) groups is 2. The fraction of sp³-hybridized carbons (Fsp3) is 0.417. The first-order chi connectivity index (χ1) is 8.58. The third-order valence-electron chi connectivity index (χ3n) is 2.37. The van der Waals surface area contributed by atoms with E-state index in [0.29, 0.717) is 11.3 Å². The summed E-state index contributed by atoms with van der Waals surface area (Å²) in [4.78, 5) is 24.0. The predicted molar refractivity (Wildman–Crippen MR) is 69.1 cm³/mol. The monoisotopic (exact) mass is 265 g/mol. The van der Waals surface area contributed by atoms with Crippen molar-refractivity contribution in [1.29, 1.82) is 5.26 Å². The Morgan fingerprint density at radius 2 is 2.22 bits per heavy atom. The van der Waals surface area contributed by atoms with E-state index in [1.165, 1.54) is 11.3 Å². The van der Waals surface area contributed by atoms with Gasteiger partial charge in [-0.05, 0) is 24.8 Å². The van der Waals surface area contributed by atoms with E-state index >= 15 is 0 Å². The Bertz CT molecular complexity index is 450. The fourth-order valence-corrected chi connectivity index (χ4v) is 1.89. The fourth-order valence-electron chi connectivity index (χ4n) is 1.26. The van der Waals surface area contributed by atoms with Crippen molar-refractivity contribution in [2.45, 2.75) is 32.4 Å². The van der Waals surface area contributed by atoms with Crippen LogP contribution in [0.1, 0.15) is 29.9 Å². The molecule has 0 unspecified atom stereocenters. The number of rotatable bonds is 5. The van der Waals surface area contributed by atoms with Crippen LogP contribution in [0.2, 0.25) is 0 Å². The first-order valence-electron chi connectivity index (χ1n) is 5.62. The number of nitriles is 1. The first kappa shape index (κ1) is 14.2. The molecule has 0 aliphatic heterocycles. The maximum absolute atomic E-state index is 11.7. The van der Waals surface area contributed by atoms with Gasteiger partial charge in [-0.2, -0.15) is 5.26 Å². The Balaban J connectivity index is 2.50. The summed E-state index contributed by atoms with van der Waals surface area (Å²) >= 11 is 1.31. The maximum Gasteiger partial charge on any atom is 0.261 e. The molecular formula is C12H15N3O2S. The standard InChI is InChI=1S/C12H15N3O2S/c1-3-9(7-13)15-11(16)8(2)14-12(17)10-5-4-6-18-10/h4-6,8-9H,3H2,1-2H3,(H,14,17)(H,15,16)/t8-,9-/m1/s1. The molecule has 0 aromatic carbocycles. The molecule has 2 N–H and O–H groups in total. The molecule has 1 heterocycles. The summed E-state index contributed by atoms with van der Waals surface area (Å²) in [7, 11) is 0. The van der Waals surface area contributed by atoms with E-state index in [1.807, 2.05) is 13.0 Å². The van der Waals surface area contributed by atoms with Crippen LogP contribution >= 0.6 is 11.3 Å². The Kier molecular flexibility index (Phi) is 5.33. The summed E-state index contributed by atoms with van der Waals surface area (Å²) in [5.74, 6) is -0.633. The lowest BCUT2D eigenvalue weighted by molar-refractivity contribution is -0.122. The molecule has 0 radical (unpaired) electrons. The lowest BCUT2D eigenvalue weighted by Crippen LogP contribution is -2.47. The van der Waals surface area contributed by atoms with Gasteiger partial charge in [0.05, 0.1) is 10.9 Å². The van der Waals surface area contributed by atoms with E-state index < -0.39 is 12.1 Å². The third kappa shape index (κ3) is 3.86. The molecule has 0 aliphatic carbocycles. The van der Waals surface area contributed by atoms with Gasteiger partial charge in [-0.3, -0.25) is 9.59 Å². The summed E-state index contributed by atoms with van der Waals surface area (Å²) in [6, 6.07) is 4.26. The molecule has 0 spiro atoms. The summed E-state index contributed by atoms with van der Waals surface area (Å²) in [5.41, 5.74) is 0. The molecule has 0 aliphatic rings. The van der Waals surface area contributed by atoms with Crippen LogP contribution in [0.15, 0.2) is 17.5 Å². The lowest BCUT2D eigenvalue weighted by atomic mass is 10.2. The van der Waals surface area contributed by atoms with Gasteiger partial charge in [0.15, 0.2) is 0 Å². The third-order valence-corrected chi connectivity index (χ3v) is 3.24. The number of nitrogens with zero attached hydrogens (tertiary/aromatic N) is 1. The van der Waals surface area contributed by atoms with E-state index in [2.05, 4.69) is 10.6 Å². The zero-order chi connectivity index (χ0) is 13.5. The Labute approximate surface area is 110 Å². The molecule has 5 nitrogen and oxygen atoms in total. The second-order valence-corrected chi connectivity index (χ2v) is 4.72. The highest BCUT2D eigenvalue weighted by molar-refractivity contribution is 7.12. The van der Waals surface area contributed by atoms with Crippen molar-refractivity contribution in [3.05, 3.63) is 22.4 Å². The zero-order valence-electron chi connectivity index (χ0n) is 10.3. The van der Waals surface area contributed by atoms with Gasteiger partial charge in [0.1, 0.15) is 12.1 Å². The molecule has 1 aromatic rings. The van der Waals surface area contributed by atoms with Crippen LogP contribution in [0.25, 0.3) is 0 Å². The minimum Gasteiger partial charge on any atom is -0.340 e. The molecule has 2 atom stereocenters. The molecule has 1 aromatic heterocycles. The summed E-state index contributed by atoms with van der Waals surface area (Å²) in [6.07, 6.45) is 0.536. The average Bonchev–Trinajstić information content (AvgIpc) is 2.89. The molecule has 96 valence electrons. The number of hydrogen-bond donors (Lipinski definition) is 2. The smallest absolute Gasteiger partial charge is 0.261 e. The number of hydrogen-bond acceptors (Lipinski definition) is 4. The van der Waals surface area contributed by atoms with Crippen molar-refractivity contribution in [2.75, 3.05) is 0 Å². The summed E-state index contributed by atoms with van der Waals surface area (Å²) in [6.45, 7) is 3.40. The van der Waals surface area contributed by atoms with Crippen LogP contribution in [-0.4, -0.2) is 23.9 Å². The second-order valence-electron chi connectivity index (χ2n) is 3.77. The van der Waals surface area contributed by atoms with E-state index in [9.17, 15) is 9.59 Å². The first-order valence-corrected chi connectivity index (χ1v) is 6.50. The van der Waals surface area contributed by atoms with Gasteiger partial charge in [0.25, 0.3) is 5.91 Å². The van der Waals surface area contributed by atoms with Crippen molar-refractivity contribution in [3.8, 4) is 6.07 Å². The Morgan fingerprint density at radius 1 is 1.50 bits per heavy atom. The quantitative estimate of drug-likeness (QED) is 0.841.